The van der Waals surface area contributed by atoms with Gasteiger partial charge in [0.25, 0.3) is 0 Å². The maximum atomic E-state index is 12.2. The number of rotatable bonds is 3. The number of hydrogen-bond acceptors (Lipinski definition) is 2. The molecule has 0 amide bonds. The smallest absolute Gasteiger partial charge is 0.161 e. The fourth-order valence-electron chi connectivity index (χ4n) is 2.98. The fraction of sp³-hybridized carbons (Fsp3) is 0.786. The van der Waals surface area contributed by atoms with E-state index in [1.54, 1.807) is 0 Å². The van der Waals surface area contributed by atoms with Gasteiger partial charge in [-0.05, 0) is 69.4 Å². The molecule has 2 aliphatic rings. The molecule has 2 aliphatic carbocycles. The summed E-state index contributed by atoms with van der Waals surface area (Å²) in [7, 11) is 0. The van der Waals surface area contributed by atoms with Crippen molar-refractivity contribution in [1.82, 2.24) is 0 Å². The minimum absolute atomic E-state index is 0.312. The first-order valence-corrected chi connectivity index (χ1v) is 6.74. The highest BCUT2D eigenvalue weighted by molar-refractivity contribution is 5.97. The van der Waals surface area contributed by atoms with Crippen molar-refractivity contribution in [2.75, 3.05) is 6.54 Å². The topological polar surface area (TPSA) is 43.1 Å². The number of Topliss-reactive ketones (excluding diaryl/α,β-unsaturated/α-hetero) is 1. The van der Waals surface area contributed by atoms with Crippen molar-refractivity contribution in [3.8, 4) is 0 Å². The maximum absolute atomic E-state index is 12.2. The predicted octanol–water partition coefficient (Wildman–Crippen LogP) is 2.82. The SMILES string of the molecule is NCC1CCC(C(=O)C2=CCCCC2)CC1. The average molecular weight is 221 g/mol. The summed E-state index contributed by atoms with van der Waals surface area (Å²) in [6, 6.07) is 0. The monoisotopic (exact) mass is 221 g/mol. The van der Waals surface area contributed by atoms with Gasteiger partial charge in [0.2, 0.25) is 0 Å². The molecule has 2 heteroatoms. The van der Waals surface area contributed by atoms with E-state index in [4.69, 9.17) is 5.73 Å². The molecule has 0 aromatic rings. The Kier molecular flexibility index (Phi) is 4.16. The van der Waals surface area contributed by atoms with E-state index in [9.17, 15) is 4.79 Å². The van der Waals surface area contributed by atoms with E-state index in [0.29, 0.717) is 17.6 Å². The van der Waals surface area contributed by atoms with Crippen molar-refractivity contribution >= 4 is 5.78 Å². The summed E-state index contributed by atoms with van der Waals surface area (Å²) in [4.78, 5) is 12.2. The van der Waals surface area contributed by atoms with Gasteiger partial charge in [-0.25, -0.2) is 0 Å². The lowest BCUT2D eigenvalue weighted by Crippen LogP contribution is -2.26. The second-order valence-electron chi connectivity index (χ2n) is 5.29. The van der Waals surface area contributed by atoms with Crippen LogP contribution in [0, 0.1) is 11.8 Å². The molecule has 1 fully saturated rings. The Bertz CT molecular complexity index is 274. The van der Waals surface area contributed by atoms with Crippen LogP contribution in [0.3, 0.4) is 0 Å². The molecule has 0 aromatic heterocycles. The van der Waals surface area contributed by atoms with E-state index in [1.165, 1.54) is 12.8 Å². The first-order chi connectivity index (χ1) is 7.81. The van der Waals surface area contributed by atoms with E-state index >= 15 is 0 Å². The summed E-state index contributed by atoms with van der Waals surface area (Å²) in [6.45, 7) is 0.795. The summed E-state index contributed by atoms with van der Waals surface area (Å²) in [5.41, 5.74) is 6.80. The Labute approximate surface area is 98.3 Å². The third-order valence-electron chi connectivity index (χ3n) is 4.16. The Morgan fingerprint density at radius 3 is 2.56 bits per heavy atom. The molecular formula is C14H23NO. The molecule has 0 atom stereocenters. The Balaban J connectivity index is 1.88. The first kappa shape index (κ1) is 11.8. The molecular weight excluding hydrogens is 198 g/mol. The van der Waals surface area contributed by atoms with Crippen molar-refractivity contribution in [2.45, 2.75) is 51.4 Å². The van der Waals surface area contributed by atoms with Crippen LogP contribution < -0.4 is 5.73 Å². The molecule has 2 nitrogen and oxygen atoms in total. The minimum Gasteiger partial charge on any atom is -0.330 e. The van der Waals surface area contributed by atoms with Crippen molar-refractivity contribution in [1.29, 1.82) is 0 Å². The highest BCUT2D eigenvalue weighted by atomic mass is 16.1. The predicted molar refractivity (Wildman–Crippen MR) is 66.1 cm³/mol. The molecule has 0 aliphatic heterocycles. The van der Waals surface area contributed by atoms with Gasteiger partial charge in [-0.2, -0.15) is 0 Å². The summed E-state index contributed by atoms with van der Waals surface area (Å²) in [5.74, 6) is 1.44. The molecule has 1 saturated carbocycles. The van der Waals surface area contributed by atoms with Crippen LogP contribution in [0.2, 0.25) is 0 Å². The van der Waals surface area contributed by atoms with Crippen LogP contribution in [0.4, 0.5) is 0 Å². The largest absolute Gasteiger partial charge is 0.330 e. The molecule has 2 rings (SSSR count). The van der Waals surface area contributed by atoms with Gasteiger partial charge in [0.15, 0.2) is 5.78 Å². The van der Waals surface area contributed by atoms with Crippen LogP contribution in [-0.2, 0) is 4.79 Å². The number of hydrogen-bond donors (Lipinski definition) is 1. The highest BCUT2D eigenvalue weighted by Crippen LogP contribution is 2.32. The Morgan fingerprint density at radius 1 is 1.25 bits per heavy atom. The van der Waals surface area contributed by atoms with Crippen molar-refractivity contribution in [2.24, 2.45) is 17.6 Å². The summed E-state index contributed by atoms with van der Waals surface area (Å²) >= 11 is 0. The molecule has 2 N–H and O–H groups in total. The summed E-state index contributed by atoms with van der Waals surface area (Å²) < 4.78 is 0. The van der Waals surface area contributed by atoms with Crippen LogP contribution in [0.5, 0.6) is 0 Å². The minimum atomic E-state index is 0.312. The van der Waals surface area contributed by atoms with E-state index in [0.717, 1.165) is 50.6 Å². The second-order valence-corrected chi connectivity index (χ2v) is 5.29. The van der Waals surface area contributed by atoms with Crippen LogP contribution in [-0.4, -0.2) is 12.3 Å². The summed E-state index contributed by atoms with van der Waals surface area (Å²) in [6.07, 6.45) is 11.2. The molecule has 0 heterocycles. The molecule has 16 heavy (non-hydrogen) atoms. The first-order valence-electron chi connectivity index (χ1n) is 6.74. The van der Waals surface area contributed by atoms with Gasteiger partial charge in [0, 0.05) is 5.92 Å². The standard InChI is InChI=1S/C14H23NO/c15-10-11-6-8-13(9-7-11)14(16)12-4-2-1-3-5-12/h4,11,13H,1-3,5-10,15H2. The molecule has 0 unspecified atom stereocenters. The fourth-order valence-corrected chi connectivity index (χ4v) is 2.98. The Morgan fingerprint density at radius 2 is 2.00 bits per heavy atom. The molecule has 0 saturated heterocycles. The number of carbonyl (C=O) groups excluding carboxylic acids is 1. The third kappa shape index (κ3) is 2.73. The van der Waals surface area contributed by atoms with E-state index in [2.05, 4.69) is 6.08 Å². The van der Waals surface area contributed by atoms with Gasteiger partial charge in [0.05, 0.1) is 0 Å². The van der Waals surface area contributed by atoms with Gasteiger partial charge in [-0.1, -0.05) is 6.08 Å². The zero-order chi connectivity index (χ0) is 11.4. The van der Waals surface area contributed by atoms with Gasteiger partial charge in [-0.15, -0.1) is 0 Å². The van der Waals surface area contributed by atoms with Crippen molar-refractivity contribution < 1.29 is 4.79 Å². The van der Waals surface area contributed by atoms with Gasteiger partial charge in [0.1, 0.15) is 0 Å². The molecule has 0 aromatic carbocycles. The van der Waals surface area contributed by atoms with Crippen LogP contribution >= 0.6 is 0 Å². The Hall–Kier alpha value is -0.630. The van der Waals surface area contributed by atoms with Crippen LogP contribution in [0.25, 0.3) is 0 Å². The highest BCUT2D eigenvalue weighted by Gasteiger charge is 2.27. The van der Waals surface area contributed by atoms with E-state index in [-0.39, 0.29) is 0 Å². The lowest BCUT2D eigenvalue weighted by atomic mass is 9.77. The number of nitrogens with two attached hydrogens (primary N) is 1. The molecule has 0 radical (unpaired) electrons. The molecule has 90 valence electrons. The maximum Gasteiger partial charge on any atom is 0.161 e. The van der Waals surface area contributed by atoms with E-state index in [1.807, 2.05) is 0 Å². The van der Waals surface area contributed by atoms with Crippen LogP contribution in [0.1, 0.15) is 51.4 Å². The second kappa shape index (κ2) is 5.62. The van der Waals surface area contributed by atoms with Gasteiger partial charge >= 0.3 is 0 Å². The average Bonchev–Trinajstić information content (AvgIpc) is 2.39. The lowest BCUT2D eigenvalue weighted by Gasteiger charge is -2.27. The quantitative estimate of drug-likeness (QED) is 0.796. The molecule has 0 bridgehead atoms. The number of ketones is 1. The third-order valence-corrected chi connectivity index (χ3v) is 4.16. The lowest BCUT2D eigenvalue weighted by molar-refractivity contribution is -0.120. The molecule has 0 spiro atoms. The zero-order valence-corrected chi connectivity index (χ0v) is 10.1. The van der Waals surface area contributed by atoms with Crippen molar-refractivity contribution in [3.05, 3.63) is 11.6 Å². The van der Waals surface area contributed by atoms with Gasteiger partial charge in [-0.3, -0.25) is 4.79 Å². The van der Waals surface area contributed by atoms with E-state index < -0.39 is 0 Å². The number of carbonyl (C=O) groups is 1. The van der Waals surface area contributed by atoms with Crippen LogP contribution in [0.15, 0.2) is 11.6 Å². The van der Waals surface area contributed by atoms with Crippen molar-refractivity contribution in [3.63, 3.8) is 0 Å². The van der Waals surface area contributed by atoms with Gasteiger partial charge < -0.3 is 5.73 Å². The normalized spacial score (nSPS) is 30.9. The number of allylic oxidation sites excluding steroid dienone is 2. The zero-order valence-electron chi connectivity index (χ0n) is 10.1. The summed E-state index contributed by atoms with van der Waals surface area (Å²) in [5, 5.41) is 0.